The van der Waals surface area contributed by atoms with Crippen LogP contribution in [0.25, 0.3) is 0 Å². The van der Waals surface area contributed by atoms with Gasteiger partial charge in [-0.05, 0) is 46.5 Å². The van der Waals surface area contributed by atoms with Gasteiger partial charge >= 0.3 is 6.09 Å². The predicted molar refractivity (Wildman–Crippen MR) is 67.0 cm³/mol. The van der Waals surface area contributed by atoms with E-state index in [-0.39, 0.29) is 12.1 Å². The molecule has 0 heterocycles. The summed E-state index contributed by atoms with van der Waals surface area (Å²) in [5.74, 6) is 0.638. The molecule has 0 saturated heterocycles. The molecule has 0 spiro atoms. The first-order valence-electron chi connectivity index (χ1n) is 6.33. The van der Waals surface area contributed by atoms with Gasteiger partial charge in [0.15, 0.2) is 0 Å². The van der Waals surface area contributed by atoms with Crippen LogP contribution in [-0.4, -0.2) is 42.9 Å². The Morgan fingerprint density at radius 1 is 1.41 bits per heavy atom. The second kappa shape index (κ2) is 5.71. The zero-order valence-electron chi connectivity index (χ0n) is 11.7. The largest absolute Gasteiger partial charge is 0.444 e. The molecule has 1 rings (SSSR count). The van der Waals surface area contributed by atoms with Crippen LogP contribution in [0.4, 0.5) is 4.79 Å². The van der Waals surface area contributed by atoms with Crippen LogP contribution in [0.1, 0.15) is 40.5 Å². The van der Waals surface area contributed by atoms with Gasteiger partial charge in [0.25, 0.3) is 0 Å². The van der Waals surface area contributed by atoms with Gasteiger partial charge in [0.2, 0.25) is 0 Å². The molecule has 0 aromatic rings. The highest BCUT2D eigenvalue weighted by Gasteiger charge is 2.35. The third kappa shape index (κ3) is 4.94. The van der Waals surface area contributed by atoms with E-state index < -0.39 is 5.60 Å². The summed E-state index contributed by atoms with van der Waals surface area (Å²) in [5.41, 5.74) is -0.439. The molecule has 0 bridgehead atoms. The van der Waals surface area contributed by atoms with Crippen molar-refractivity contribution >= 4 is 6.09 Å². The summed E-state index contributed by atoms with van der Waals surface area (Å²) in [6.45, 7) is 8.92. The Kier molecular flexibility index (Phi) is 4.80. The Hall–Kier alpha value is -0.770. The standard InChI is InChI=1S/C13H25NO3/c1-10(11-6-7-11)14(8-9-16-5)12(15)17-13(2,3)4/h10-11H,6-9H2,1-5H3. The van der Waals surface area contributed by atoms with Crippen molar-refractivity contribution in [1.82, 2.24) is 4.90 Å². The summed E-state index contributed by atoms with van der Waals surface area (Å²) in [4.78, 5) is 13.9. The van der Waals surface area contributed by atoms with Crippen LogP contribution in [0.5, 0.6) is 0 Å². The number of carbonyl (C=O) groups excluding carboxylic acids is 1. The first kappa shape index (κ1) is 14.3. The van der Waals surface area contributed by atoms with Gasteiger partial charge < -0.3 is 14.4 Å². The van der Waals surface area contributed by atoms with Gasteiger partial charge in [-0.3, -0.25) is 0 Å². The third-order valence-electron chi connectivity index (χ3n) is 2.96. The van der Waals surface area contributed by atoms with Crippen LogP contribution >= 0.6 is 0 Å². The van der Waals surface area contributed by atoms with E-state index in [0.29, 0.717) is 19.1 Å². The van der Waals surface area contributed by atoms with Crippen molar-refractivity contribution in [2.75, 3.05) is 20.3 Å². The fourth-order valence-electron chi connectivity index (χ4n) is 1.80. The highest BCUT2D eigenvalue weighted by atomic mass is 16.6. The average molecular weight is 243 g/mol. The van der Waals surface area contributed by atoms with Crippen LogP contribution in [-0.2, 0) is 9.47 Å². The number of methoxy groups -OCH3 is 1. The first-order valence-corrected chi connectivity index (χ1v) is 6.33. The van der Waals surface area contributed by atoms with Crippen LogP contribution in [0.3, 0.4) is 0 Å². The van der Waals surface area contributed by atoms with Gasteiger partial charge in [0.1, 0.15) is 5.60 Å². The maximum Gasteiger partial charge on any atom is 0.410 e. The molecule has 1 unspecified atom stereocenters. The van der Waals surface area contributed by atoms with E-state index in [1.165, 1.54) is 12.8 Å². The fraction of sp³-hybridized carbons (Fsp3) is 0.923. The van der Waals surface area contributed by atoms with Crippen LogP contribution < -0.4 is 0 Å². The molecule has 0 aromatic heterocycles. The van der Waals surface area contributed by atoms with E-state index >= 15 is 0 Å². The van der Waals surface area contributed by atoms with E-state index in [1.54, 1.807) is 12.0 Å². The predicted octanol–water partition coefficient (Wildman–Crippen LogP) is 2.67. The minimum absolute atomic E-state index is 0.228. The monoisotopic (exact) mass is 243 g/mol. The lowest BCUT2D eigenvalue weighted by Gasteiger charge is -2.31. The highest BCUT2D eigenvalue weighted by Crippen LogP contribution is 2.35. The number of amides is 1. The van der Waals surface area contributed by atoms with E-state index in [2.05, 4.69) is 6.92 Å². The molecule has 100 valence electrons. The lowest BCUT2D eigenvalue weighted by molar-refractivity contribution is 0.00986. The minimum Gasteiger partial charge on any atom is -0.444 e. The maximum atomic E-state index is 12.1. The first-order chi connectivity index (χ1) is 7.85. The summed E-state index contributed by atoms with van der Waals surface area (Å²) in [6, 6.07) is 0.250. The number of nitrogens with zero attached hydrogens (tertiary/aromatic N) is 1. The van der Waals surface area contributed by atoms with Gasteiger partial charge in [-0.25, -0.2) is 4.79 Å². The number of hydrogen-bond acceptors (Lipinski definition) is 3. The summed E-state index contributed by atoms with van der Waals surface area (Å²) < 4.78 is 10.5. The number of hydrogen-bond donors (Lipinski definition) is 0. The van der Waals surface area contributed by atoms with Gasteiger partial charge in [-0.15, -0.1) is 0 Å². The maximum absolute atomic E-state index is 12.1. The summed E-state index contributed by atoms with van der Waals surface area (Å²) in [6.07, 6.45) is 2.20. The second-order valence-corrected chi connectivity index (χ2v) is 5.74. The SMILES string of the molecule is COCCN(C(=O)OC(C)(C)C)C(C)C1CC1. The number of rotatable bonds is 5. The molecule has 1 saturated carbocycles. The summed E-state index contributed by atoms with van der Waals surface area (Å²) >= 11 is 0. The van der Waals surface area contributed by atoms with Crippen LogP contribution in [0, 0.1) is 5.92 Å². The molecule has 1 aliphatic rings. The van der Waals surface area contributed by atoms with Crippen molar-refractivity contribution in [2.24, 2.45) is 5.92 Å². The molecule has 1 fully saturated rings. The van der Waals surface area contributed by atoms with Gasteiger partial charge in [-0.1, -0.05) is 0 Å². The third-order valence-corrected chi connectivity index (χ3v) is 2.96. The molecule has 4 heteroatoms. The highest BCUT2D eigenvalue weighted by molar-refractivity contribution is 5.68. The van der Waals surface area contributed by atoms with E-state index in [4.69, 9.17) is 9.47 Å². The minimum atomic E-state index is -0.439. The Morgan fingerprint density at radius 2 is 2.00 bits per heavy atom. The normalized spacial score (nSPS) is 17.7. The quantitative estimate of drug-likeness (QED) is 0.745. The fourth-order valence-corrected chi connectivity index (χ4v) is 1.80. The Balaban J connectivity index is 2.57. The topological polar surface area (TPSA) is 38.8 Å². The molecule has 0 radical (unpaired) electrons. The van der Waals surface area contributed by atoms with Crippen molar-refractivity contribution in [3.05, 3.63) is 0 Å². The molecule has 0 aliphatic heterocycles. The van der Waals surface area contributed by atoms with Crippen LogP contribution in [0.15, 0.2) is 0 Å². The number of ether oxygens (including phenoxy) is 2. The molecule has 1 amide bonds. The van der Waals surface area contributed by atoms with Gasteiger partial charge in [0.05, 0.1) is 6.61 Å². The Labute approximate surface area is 104 Å². The van der Waals surface area contributed by atoms with Crippen molar-refractivity contribution in [3.8, 4) is 0 Å². The molecule has 0 aromatic carbocycles. The lowest BCUT2D eigenvalue weighted by Crippen LogP contribution is -2.44. The molecule has 17 heavy (non-hydrogen) atoms. The van der Waals surface area contributed by atoms with Gasteiger partial charge in [-0.2, -0.15) is 0 Å². The van der Waals surface area contributed by atoms with E-state index in [0.717, 1.165) is 0 Å². The summed E-state index contributed by atoms with van der Waals surface area (Å²) in [5, 5.41) is 0. The Morgan fingerprint density at radius 3 is 2.41 bits per heavy atom. The van der Waals surface area contributed by atoms with E-state index in [1.807, 2.05) is 20.8 Å². The van der Waals surface area contributed by atoms with Crippen molar-refractivity contribution < 1.29 is 14.3 Å². The molecular weight excluding hydrogens is 218 g/mol. The van der Waals surface area contributed by atoms with Crippen molar-refractivity contribution in [2.45, 2.75) is 52.2 Å². The second-order valence-electron chi connectivity index (χ2n) is 5.74. The molecule has 0 N–H and O–H groups in total. The van der Waals surface area contributed by atoms with E-state index in [9.17, 15) is 4.79 Å². The van der Waals surface area contributed by atoms with Crippen molar-refractivity contribution in [3.63, 3.8) is 0 Å². The van der Waals surface area contributed by atoms with Gasteiger partial charge in [0, 0.05) is 19.7 Å². The molecule has 4 nitrogen and oxygen atoms in total. The smallest absolute Gasteiger partial charge is 0.410 e. The Bertz CT molecular complexity index is 256. The molecule has 1 atom stereocenters. The molecule has 1 aliphatic carbocycles. The lowest BCUT2D eigenvalue weighted by atomic mass is 10.2. The van der Waals surface area contributed by atoms with Crippen LogP contribution in [0.2, 0.25) is 0 Å². The summed E-state index contributed by atoms with van der Waals surface area (Å²) in [7, 11) is 1.65. The number of carbonyl (C=O) groups is 1. The zero-order valence-corrected chi connectivity index (χ0v) is 11.7. The molecular formula is C13H25NO3. The zero-order chi connectivity index (χ0) is 13.1. The van der Waals surface area contributed by atoms with Crippen molar-refractivity contribution in [1.29, 1.82) is 0 Å². The average Bonchev–Trinajstić information content (AvgIpc) is 2.98.